The Kier molecular flexibility index (Phi) is 14.4. The zero-order valence-electron chi connectivity index (χ0n) is 36.7. The first kappa shape index (κ1) is 45.7. The lowest BCUT2D eigenvalue weighted by molar-refractivity contribution is -0.133. The monoisotopic (exact) mass is 919 g/mol. The van der Waals surface area contributed by atoms with E-state index < -0.39 is 11.9 Å². The quantitative estimate of drug-likeness (QED) is 0.0596. The molecule has 0 aliphatic rings. The SMILES string of the molecule is CC(=Cc1ccc(N(c2ccc(C=Cc3ccc(-c4ccc(C=C(C#N)C(=O)O)s4)cc3)cc2)c2ccc(C=Cc3ccc(-c4ccc(C=C(C#N)C(=O)O)s4)cc3)cc2)cc1)c1ccccc1. The van der Waals surface area contributed by atoms with Crippen molar-refractivity contribution in [3.05, 3.63) is 230 Å². The summed E-state index contributed by atoms with van der Waals surface area (Å²) in [7, 11) is 0. The van der Waals surface area contributed by atoms with Crippen LogP contribution in [0.5, 0.6) is 0 Å². The van der Waals surface area contributed by atoms with Crippen LogP contribution in [0.4, 0.5) is 17.1 Å². The van der Waals surface area contributed by atoms with Crippen LogP contribution in [0.15, 0.2) is 187 Å². The van der Waals surface area contributed by atoms with Gasteiger partial charge < -0.3 is 15.1 Å². The van der Waals surface area contributed by atoms with Gasteiger partial charge in [-0.25, -0.2) is 9.59 Å². The molecule has 0 aliphatic heterocycles. The van der Waals surface area contributed by atoms with Crippen molar-refractivity contribution in [1.82, 2.24) is 0 Å². The Bertz CT molecular complexity index is 3150. The lowest BCUT2D eigenvalue weighted by Crippen LogP contribution is -2.09. The van der Waals surface area contributed by atoms with Crippen LogP contribution in [0, 0.1) is 22.7 Å². The summed E-state index contributed by atoms with van der Waals surface area (Å²) in [6.07, 6.45) is 13.3. The van der Waals surface area contributed by atoms with Crippen LogP contribution in [0.2, 0.25) is 0 Å². The fourth-order valence-electron chi connectivity index (χ4n) is 7.31. The molecule has 0 bridgehead atoms. The summed E-state index contributed by atoms with van der Waals surface area (Å²) in [6.45, 7) is 2.13. The van der Waals surface area contributed by atoms with Gasteiger partial charge in [0.2, 0.25) is 0 Å². The third-order valence-electron chi connectivity index (χ3n) is 10.9. The summed E-state index contributed by atoms with van der Waals surface area (Å²) >= 11 is 2.87. The summed E-state index contributed by atoms with van der Waals surface area (Å²) in [5, 5.41) is 36.6. The molecule has 9 heteroatoms. The zero-order chi connectivity index (χ0) is 47.4. The van der Waals surface area contributed by atoms with Gasteiger partial charge in [-0.2, -0.15) is 10.5 Å². The van der Waals surface area contributed by atoms with Crippen molar-refractivity contribution in [2.24, 2.45) is 0 Å². The van der Waals surface area contributed by atoms with Crippen molar-refractivity contribution in [3.63, 3.8) is 0 Å². The van der Waals surface area contributed by atoms with E-state index in [0.717, 1.165) is 65.8 Å². The van der Waals surface area contributed by atoms with Crippen LogP contribution in [0.3, 0.4) is 0 Å². The lowest BCUT2D eigenvalue weighted by Gasteiger charge is -2.26. The van der Waals surface area contributed by atoms with Gasteiger partial charge in [0.15, 0.2) is 0 Å². The van der Waals surface area contributed by atoms with Crippen molar-refractivity contribution in [1.29, 1.82) is 10.5 Å². The van der Waals surface area contributed by atoms with Crippen LogP contribution in [0.25, 0.3) is 69.0 Å². The molecule has 0 unspecified atom stereocenters. The maximum Gasteiger partial charge on any atom is 0.346 e. The molecule has 8 rings (SSSR count). The van der Waals surface area contributed by atoms with Crippen LogP contribution in [-0.4, -0.2) is 22.2 Å². The van der Waals surface area contributed by atoms with Crippen LogP contribution < -0.4 is 4.90 Å². The maximum atomic E-state index is 11.3. The highest BCUT2D eigenvalue weighted by Gasteiger charge is 2.14. The first-order valence-electron chi connectivity index (χ1n) is 21.4. The first-order valence-corrected chi connectivity index (χ1v) is 23.1. The second-order valence-corrected chi connectivity index (χ2v) is 17.8. The highest BCUT2D eigenvalue weighted by atomic mass is 32.1. The zero-order valence-corrected chi connectivity index (χ0v) is 38.3. The number of anilines is 3. The normalized spacial score (nSPS) is 12.0. The van der Waals surface area contributed by atoms with Crippen molar-refractivity contribution in [3.8, 4) is 33.0 Å². The Morgan fingerprint density at radius 3 is 1.16 bits per heavy atom. The van der Waals surface area contributed by atoms with E-state index in [9.17, 15) is 19.8 Å². The van der Waals surface area contributed by atoms with Crippen LogP contribution in [0.1, 0.15) is 50.1 Å². The molecule has 68 heavy (non-hydrogen) atoms. The smallest absolute Gasteiger partial charge is 0.346 e. The summed E-state index contributed by atoms with van der Waals surface area (Å²) in [5.74, 6) is -2.48. The van der Waals surface area contributed by atoms with Gasteiger partial charge in [0, 0.05) is 36.6 Å². The van der Waals surface area contributed by atoms with E-state index >= 15 is 0 Å². The van der Waals surface area contributed by atoms with Gasteiger partial charge in [-0.3, -0.25) is 0 Å². The third-order valence-corrected chi connectivity index (χ3v) is 13.1. The van der Waals surface area contributed by atoms with E-state index in [1.165, 1.54) is 46.0 Å². The van der Waals surface area contributed by atoms with E-state index in [4.69, 9.17) is 10.5 Å². The molecule has 0 fully saturated rings. The first-order chi connectivity index (χ1) is 33.1. The molecule has 0 atom stereocenters. The molecule has 2 heterocycles. The molecular weight excluding hydrogens is 879 g/mol. The van der Waals surface area contributed by atoms with Crippen LogP contribution >= 0.6 is 22.7 Å². The van der Waals surface area contributed by atoms with Gasteiger partial charge in [0.25, 0.3) is 0 Å². The predicted molar refractivity (Wildman–Crippen MR) is 281 cm³/mol. The van der Waals surface area contributed by atoms with Gasteiger partial charge >= 0.3 is 11.9 Å². The topological polar surface area (TPSA) is 125 Å². The number of hydrogen-bond acceptors (Lipinski definition) is 7. The molecule has 2 aromatic heterocycles. The fourth-order valence-corrected chi connectivity index (χ4v) is 9.23. The number of benzene rings is 6. The standard InChI is InChI=1S/C59H41N3O4S2/c1-40(46-5-3-2-4-6-46)35-45-19-29-53(30-20-45)62(51-25-15-43(16-26-51)9-7-41-11-21-47(22-12-41)56-33-31-54(67-56)36-49(38-60)58(63)64)52-27-17-44(18-28-52)10-8-42-13-23-48(24-14-42)57-34-32-55(68-57)37-50(39-61)59(65)66/h2-37H,1H3,(H,63,64)(H,65,66). The number of carboxylic acid groups (broad SMARTS) is 2. The molecule has 0 spiro atoms. The molecule has 0 saturated carbocycles. The average Bonchev–Trinajstić information content (AvgIpc) is 4.06. The number of nitriles is 2. The second-order valence-electron chi connectivity index (χ2n) is 15.6. The Labute approximate surface area is 403 Å². The lowest BCUT2D eigenvalue weighted by atomic mass is 10.0. The van der Waals surface area contributed by atoms with Crippen molar-refractivity contribution >= 4 is 99.8 Å². The Morgan fingerprint density at radius 2 is 0.809 bits per heavy atom. The minimum atomic E-state index is -1.24. The molecule has 0 amide bonds. The van der Waals surface area contributed by atoms with E-state index in [1.807, 2.05) is 78.9 Å². The fraction of sp³-hybridized carbons (Fsp3) is 0.0169. The summed E-state index contributed by atoms with van der Waals surface area (Å²) in [5.41, 5.74) is 12.1. The molecular formula is C59H41N3O4S2. The van der Waals surface area contributed by atoms with E-state index in [1.54, 1.807) is 12.1 Å². The number of allylic oxidation sites excluding steroid dienone is 1. The Morgan fingerprint density at radius 1 is 0.456 bits per heavy atom. The average molecular weight is 920 g/mol. The molecule has 8 aromatic rings. The molecule has 0 aliphatic carbocycles. The molecule has 0 radical (unpaired) electrons. The van der Waals surface area contributed by atoms with Crippen molar-refractivity contribution < 1.29 is 19.8 Å². The number of aliphatic carboxylic acids is 2. The molecule has 7 nitrogen and oxygen atoms in total. The Balaban J connectivity index is 0.993. The predicted octanol–water partition coefficient (Wildman–Crippen LogP) is 15.5. The van der Waals surface area contributed by atoms with Gasteiger partial charge in [-0.05, 0) is 130 Å². The number of hydrogen-bond donors (Lipinski definition) is 2. The highest BCUT2D eigenvalue weighted by Crippen LogP contribution is 2.36. The van der Waals surface area contributed by atoms with Gasteiger partial charge in [-0.1, -0.05) is 146 Å². The number of carboxylic acids is 2. The number of rotatable bonds is 15. The van der Waals surface area contributed by atoms with E-state index in [-0.39, 0.29) is 11.1 Å². The van der Waals surface area contributed by atoms with E-state index in [2.05, 4.69) is 139 Å². The number of nitrogens with zero attached hydrogens (tertiary/aromatic N) is 3. The molecule has 6 aromatic carbocycles. The minimum absolute atomic E-state index is 0.295. The number of carbonyl (C=O) groups is 2. The van der Waals surface area contributed by atoms with Crippen LogP contribution in [-0.2, 0) is 9.59 Å². The maximum absolute atomic E-state index is 11.3. The van der Waals surface area contributed by atoms with Gasteiger partial charge in [0.05, 0.1) is 0 Å². The molecule has 2 N–H and O–H groups in total. The number of thiophene rings is 2. The van der Waals surface area contributed by atoms with Crippen molar-refractivity contribution in [2.45, 2.75) is 6.92 Å². The molecule has 0 saturated heterocycles. The molecule has 328 valence electrons. The second kappa shape index (κ2) is 21.4. The largest absolute Gasteiger partial charge is 0.477 e. The Hall–Kier alpha value is -8.86. The van der Waals surface area contributed by atoms with Gasteiger partial charge in [0.1, 0.15) is 23.3 Å². The van der Waals surface area contributed by atoms with Gasteiger partial charge in [-0.15, -0.1) is 22.7 Å². The third kappa shape index (κ3) is 11.5. The highest BCUT2D eigenvalue weighted by molar-refractivity contribution is 7.16. The van der Waals surface area contributed by atoms with Crippen molar-refractivity contribution in [2.75, 3.05) is 4.90 Å². The summed E-state index contributed by atoms with van der Waals surface area (Å²) in [6, 6.07) is 63.2. The summed E-state index contributed by atoms with van der Waals surface area (Å²) < 4.78 is 0. The minimum Gasteiger partial charge on any atom is -0.477 e. The summed E-state index contributed by atoms with van der Waals surface area (Å²) in [4.78, 5) is 28.2. The van der Waals surface area contributed by atoms with E-state index in [0.29, 0.717) is 9.75 Å².